The number of hydrogen-bond donors (Lipinski definition) is 1. The van der Waals surface area contributed by atoms with Gasteiger partial charge in [-0.15, -0.1) is 0 Å². The fourth-order valence-corrected chi connectivity index (χ4v) is 2.56. The largest absolute Gasteiger partial charge is 0.379 e. The number of carbonyl (C=O) groups is 1. The second kappa shape index (κ2) is 6.28. The van der Waals surface area contributed by atoms with Crippen molar-refractivity contribution in [3.63, 3.8) is 0 Å². The number of carbonyl (C=O) groups excluding carboxylic acids is 1. The number of nitrogens with zero attached hydrogens (tertiary/aromatic N) is 2. The molecule has 1 fully saturated rings. The number of nitrogens with one attached hydrogen (secondary N) is 1. The highest BCUT2D eigenvalue weighted by atomic mass is 35.5. The first-order valence-electron chi connectivity index (χ1n) is 6.87. The molecule has 0 radical (unpaired) electrons. The van der Waals surface area contributed by atoms with Gasteiger partial charge in [0.2, 0.25) is 5.91 Å². The lowest BCUT2D eigenvalue weighted by molar-refractivity contribution is -0.115. The lowest BCUT2D eigenvalue weighted by Crippen LogP contribution is -2.14. The van der Waals surface area contributed by atoms with Crippen molar-refractivity contribution in [3.8, 4) is 0 Å². The van der Waals surface area contributed by atoms with Crippen molar-refractivity contribution in [2.24, 2.45) is 0 Å². The van der Waals surface area contributed by atoms with E-state index in [-0.39, 0.29) is 18.4 Å². The summed E-state index contributed by atoms with van der Waals surface area (Å²) in [6.07, 6.45) is 4.69. The fraction of sp³-hybridized carbons (Fsp3) is 0.333. The summed E-state index contributed by atoms with van der Waals surface area (Å²) < 4.78 is 7.18. The van der Waals surface area contributed by atoms with E-state index in [1.54, 1.807) is 12.3 Å². The average Bonchev–Trinajstić information content (AvgIpc) is 3.12. The van der Waals surface area contributed by atoms with Gasteiger partial charge < -0.3 is 10.1 Å². The molecular formula is C15H16ClN3O2. The van der Waals surface area contributed by atoms with Crippen LogP contribution in [0.3, 0.4) is 0 Å². The Morgan fingerprint density at radius 1 is 1.48 bits per heavy atom. The summed E-state index contributed by atoms with van der Waals surface area (Å²) in [5, 5.41) is 7.71. The maximum atomic E-state index is 12.0. The summed E-state index contributed by atoms with van der Waals surface area (Å²) in [5.41, 5.74) is 1.51. The lowest BCUT2D eigenvalue weighted by Gasteiger charge is -2.07. The number of amides is 1. The lowest BCUT2D eigenvalue weighted by atomic mass is 10.1. The van der Waals surface area contributed by atoms with Crippen molar-refractivity contribution in [2.45, 2.75) is 18.9 Å². The van der Waals surface area contributed by atoms with Crippen LogP contribution in [0.25, 0.3) is 0 Å². The normalized spacial score (nSPS) is 17.9. The molecule has 1 atom stereocenters. The van der Waals surface area contributed by atoms with Crippen molar-refractivity contribution in [1.82, 2.24) is 9.78 Å². The van der Waals surface area contributed by atoms with Gasteiger partial charge in [-0.3, -0.25) is 9.48 Å². The first-order chi connectivity index (χ1) is 10.2. The zero-order chi connectivity index (χ0) is 14.7. The summed E-state index contributed by atoms with van der Waals surface area (Å²) in [7, 11) is 0. The Hall–Kier alpha value is -1.85. The summed E-state index contributed by atoms with van der Waals surface area (Å²) in [6, 6.07) is 7.60. The molecule has 0 bridgehead atoms. The molecule has 0 unspecified atom stereocenters. The van der Waals surface area contributed by atoms with Crippen molar-refractivity contribution in [2.75, 3.05) is 18.5 Å². The van der Waals surface area contributed by atoms with Crippen LogP contribution in [0.5, 0.6) is 0 Å². The second-order valence-corrected chi connectivity index (χ2v) is 5.45. The molecule has 2 aromatic rings. The molecule has 1 aliphatic rings. The predicted molar refractivity (Wildman–Crippen MR) is 80.5 cm³/mol. The molecule has 1 saturated heterocycles. The number of benzene rings is 1. The molecule has 0 saturated carbocycles. The van der Waals surface area contributed by atoms with Crippen LogP contribution in [0.15, 0.2) is 36.7 Å². The Balaban J connectivity index is 1.61. The molecule has 5 nitrogen and oxygen atoms in total. The first-order valence-corrected chi connectivity index (χ1v) is 7.25. The number of hydrogen-bond acceptors (Lipinski definition) is 3. The van der Waals surface area contributed by atoms with Gasteiger partial charge in [-0.2, -0.15) is 5.10 Å². The molecule has 110 valence electrons. The van der Waals surface area contributed by atoms with Gasteiger partial charge >= 0.3 is 0 Å². The second-order valence-electron chi connectivity index (χ2n) is 5.04. The van der Waals surface area contributed by atoms with Gasteiger partial charge in [-0.05, 0) is 18.1 Å². The Morgan fingerprint density at radius 2 is 2.33 bits per heavy atom. The minimum absolute atomic E-state index is 0.106. The molecule has 1 aliphatic heterocycles. The van der Waals surface area contributed by atoms with Crippen molar-refractivity contribution < 1.29 is 9.53 Å². The van der Waals surface area contributed by atoms with Gasteiger partial charge in [0.1, 0.15) is 0 Å². The highest BCUT2D eigenvalue weighted by Crippen LogP contribution is 2.20. The number of anilines is 1. The predicted octanol–water partition coefficient (Wildman–Crippen LogP) is 2.68. The highest BCUT2D eigenvalue weighted by molar-refractivity contribution is 6.31. The smallest absolute Gasteiger partial charge is 0.228 e. The molecule has 1 N–H and O–H groups in total. The Morgan fingerprint density at radius 3 is 3.10 bits per heavy atom. The Labute approximate surface area is 127 Å². The number of halogens is 1. The van der Waals surface area contributed by atoms with E-state index >= 15 is 0 Å². The topological polar surface area (TPSA) is 56.2 Å². The van der Waals surface area contributed by atoms with E-state index in [1.165, 1.54) is 0 Å². The molecule has 1 aromatic heterocycles. The van der Waals surface area contributed by atoms with Gasteiger partial charge in [0.15, 0.2) is 0 Å². The Bertz CT molecular complexity index is 635. The van der Waals surface area contributed by atoms with Crippen LogP contribution in [0.4, 0.5) is 5.69 Å². The minimum atomic E-state index is -0.106. The quantitative estimate of drug-likeness (QED) is 0.945. The van der Waals surface area contributed by atoms with Crippen molar-refractivity contribution in [3.05, 3.63) is 47.2 Å². The van der Waals surface area contributed by atoms with E-state index in [4.69, 9.17) is 16.3 Å². The fourth-order valence-electron chi connectivity index (χ4n) is 2.35. The molecular weight excluding hydrogens is 290 g/mol. The summed E-state index contributed by atoms with van der Waals surface area (Å²) in [4.78, 5) is 12.0. The molecule has 1 aromatic carbocycles. The van der Waals surface area contributed by atoms with E-state index in [1.807, 2.05) is 29.1 Å². The van der Waals surface area contributed by atoms with Crippen LogP contribution < -0.4 is 5.32 Å². The Kier molecular flexibility index (Phi) is 4.22. The molecule has 2 heterocycles. The van der Waals surface area contributed by atoms with E-state index < -0.39 is 0 Å². The van der Waals surface area contributed by atoms with Gasteiger partial charge in [-0.1, -0.05) is 29.8 Å². The highest BCUT2D eigenvalue weighted by Gasteiger charge is 2.18. The maximum Gasteiger partial charge on any atom is 0.228 e. The van der Waals surface area contributed by atoms with E-state index in [2.05, 4.69) is 10.4 Å². The van der Waals surface area contributed by atoms with E-state index in [0.29, 0.717) is 17.3 Å². The monoisotopic (exact) mass is 305 g/mol. The molecule has 0 aliphatic carbocycles. The van der Waals surface area contributed by atoms with E-state index in [9.17, 15) is 4.79 Å². The standard InChI is InChI=1S/C15H16ClN3O2/c16-14-4-2-1-3-11(14)7-15(20)18-12-8-17-19(9-12)13-5-6-21-10-13/h1-4,8-9,13H,5-7,10H2,(H,18,20)/t13-/m1/s1. The minimum Gasteiger partial charge on any atom is -0.379 e. The molecule has 3 rings (SSSR count). The van der Waals surface area contributed by atoms with Crippen LogP contribution in [0.1, 0.15) is 18.0 Å². The van der Waals surface area contributed by atoms with Crippen molar-refractivity contribution >= 4 is 23.2 Å². The number of rotatable bonds is 4. The van der Waals surface area contributed by atoms with Gasteiger partial charge in [-0.25, -0.2) is 0 Å². The maximum absolute atomic E-state index is 12.0. The number of ether oxygens (including phenoxy) is 1. The average molecular weight is 306 g/mol. The van der Waals surface area contributed by atoms with Gasteiger partial charge in [0.05, 0.1) is 31.0 Å². The van der Waals surface area contributed by atoms with Crippen molar-refractivity contribution in [1.29, 1.82) is 0 Å². The summed E-state index contributed by atoms with van der Waals surface area (Å²) >= 11 is 6.05. The third kappa shape index (κ3) is 3.43. The van der Waals surface area contributed by atoms with Crippen LogP contribution in [0, 0.1) is 0 Å². The van der Waals surface area contributed by atoms with Gasteiger partial charge in [0, 0.05) is 17.8 Å². The van der Waals surface area contributed by atoms with Crippen LogP contribution in [0.2, 0.25) is 5.02 Å². The summed E-state index contributed by atoms with van der Waals surface area (Å²) in [5.74, 6) is -0.106. The third-order valence-corrected chi connectivity index (χ3v) is 3.84. The molecule has 21 heavy (non-hydrogen) atoms. The van der Waals surface area contributed by atoms with Crippen LogP contribution >= 0.6 is 11.6 Å². The molecule has 1 amide bonds. The molecule has 6 heteroatoms. The molecule has 0 spiro atoms. The van der Waals surface area contributed by atoms with Crippen LogP contribution in [-0.4, -0.2) is 28.9 Å². The zero-order valence-electron chi connectivity index (χ0n) is 11.5. The van der Waals surface area contributed by atoms with Crippen LogP contribution in [-0.2, 0) is 16.0 Å². The SMILES string of the molecule is O=C(Cc1ccccc1Cl)Nc1cnn([C@@H]2CCOC2)c1. The third-order valence-electron chi connectivity index (χ3n) is 3.47. The van der Waals surface area contributed by atoms with Gasteiger partial charge in [0.25, 0.3) is 0 Å². The number of aromatic nitrogens is 2. The van der Waals surface area contributed by atoms with E-state index in [0.717, 1.165) is 18.6 Å². The summed E-state index contributed by atoms with van der Waals surface area (Å²) in [6.45, 7) is 1.44. The first kappa shape index (κ1) is 14.1. The zero-order valence-corrected chi connectivity index (χ0v) is 12.2.